The molecule has 0 aliphatic rings. The molecule has 5 nitrogen and oxygen atoms in total. The molecule has 2 rings (SSSR count). The number of anilines is 2. The van der Waals surface area contributed by atoms with Gasteiger partial charge in [-0.25, -0.2) is 0 Å². The van der Waals surface area contributed by atoms with Gasteiger partial charge in [-0.3, -0.25) is 0 Å². The van der Waals surface area contributed by atoms with Gasteiger partial charge in [0.1, 0.15) is 5.82 Å². The van der Waals surface area contributed by atoms with Gasteiger partial charge >= 0.3 is 0 Å². The predicted molar refractivity (Wildman–Crippen MR) is 45.4 cm³/mol. The molecule has 0 unspecified atom stereocenters. The summed E-state index contributed by atoms with van der Waals surface area (Å²) in [7, 11) is 0. The summed E-state index contributed by atoms with van der Waals surface area (Å²) in [6.45, 7) is 1.88. The number of nitrogens with zero attached hydrogens (tertiary/aromatic N) is 2. The third-order valence-electron chi connectivity index (χ3n) is 1.66. The quantitative estimate of drug-likeness (QED) is 0.597. The molecule has 0 bridgehead atoms. The zero-order valence-electron chi connectivity index (χ0n) is 6.53. The largest absolute Gasteiger partial charge is 0.446 e. The zero-order chi connectivity index (χ0) is 8.72. The van der Waals surface area contributed by atoms with Crippen molar-refractivity contribution in [3.63, 3.8) is 0 Å². The third-order valence-corrected chi connectivity index (χ3v) is 1.66. The number of aryl methyl sites for hydroxylation is 1. The summed E-state index contributed by atoms with van der Waals surface area (Å²) >= 11 is 0. The average molecular weight is 164 g/mol. The molecular weight excluding hydrogens is 156 g/mol. The Kier molecular flexibility index (Phi) is 1.21. The number of fused-ring (bicyclic) bond motifs is 1. The topological polar surface area (TPSA) is 91.0 Å². The lowest BCUT2D eigenvalue weighted by atomic mass is 10.2. The van der Waals surface area contributed by atoms with Crippen molar-refractivity contribution in [1.82, 2.24) is 9.97 Å². The zero-order valence-corrected chi connectivity index (χ0v) is 6.53. The van der Waals surface area contributed by atoms with Gasteiger partial charge in [-0.05, 0) is 6.92 Å². The number of furan rings is 1. The smallest absolute Gasteiger partial charge is 0.233 e. The molecule has 2 heterocycles. The minimum atomic E-state index is 0.134. The van der Waals surface area contributed by atoms with Crippen LogP contribution in [0.5, 0.6) is 0 Å². The molecule has 0 fully saturated rings. The first kappa shape index (κ1) is 6.90. The van der Waals surface area contributed by atoms with E-state index in [0.717, 1.165) is 10.9 Å². The second-order valence-electron chi connectivity index (χ2n) is 2.57. The normalized spacial score (nSPS) is 10.8. The summed E-state index contributed by atoms with van der Waals surface area (Å²) in [5.41, 5.74) is 12.3. The highest BCUT2D eigenvalue weighted by Gasteiger charge is 2.08. The Labute approximate surface area is 68.4 Å². The molecule has 5 heteroatoms. The maximum absolute atomic E-state index is 5.61. The van der Waals surface area contributed by atoms with Crippen LogP contribution in [0.3, 0.4) is 0 Å². The van der Waals surface area contributed by atoms with E-state index >= 15 is 0 Å². The van der Waals surface area contributed by atoms with Crippen LogP contribution in [0, 0.1) is 6.92 Å². The molecule has 62 valence electrons. The molecule has 0 amide bonds. The lowest BCUT2D eigenvalue weighted by Crippen LogP contribution is -1.99. The Morgan fingerprint density at radius 3 is 2.83 bits per heavy atom. The third kappa shape index (κ3) is 0.795. The average Bonchev–Trinajstić information content (AvgIpc) is 2.31. The van der Waals surface area contributed by atoms with Crippen LogP contribution >= 0.6 is 0 Å². The fourth-order valence-electron chi connectivity index (χ4n) is 1.13. The van der Waals surface area contributed by atoms with E-state index in [1.54, 1.807) is 6.26 Å². The van der Waals surface area contributed by atoms with Gasteiger partial charge in [0.25, 0.3) is 0 Å². The number of hydrogen-bond donors (Lipinski definition) is 2. The van der Waals surface area contributed by atoms with Crippen LogP contribution in [0.1, 0.15) is 5.56 Å². The number of hydrogen-bond acceptors (Lipinski definition) is 5. The van der Waals surface area contributed by atoms with Crippen LogP contribution in [0.25, 0.3) is 11.1 Å². The molecule has 0 spiro atoms. The second-order valence-corrected chi connectivity index (χ2v) is 2.57. The van der Waals surface area contributed by atoms with Crippen LogP contribution in [0.2, 0.25) is 0 Å². The van der Waals surface area contributed by atoms with Gasteiger partial charge in [-0.2, -0.15) is 9.97 Å². The Balaban J connectivity index is 2.93. The fraction of sp³-hybridized carbons (Fsp3) is 0.143. The fourth-order valence-corrected chi connectivity index (χ4v) is 1.13. The highest BCUT2D eigenvalue weighted by molar-refractivity contribution is 5.88. The first-order valence-electron chi connectivity index (χ1n) is 3.45. The summed E-state index contributed by atoms with van der Waals surface area (Å²) in [4.78, 5) is 7.70. The van der Waals surface area contributed by atoms with Crippen LogP contribution < -0.4 is 11.5 Å². The molecule has 4 N–H and O–H groups in total. The molecule has 12 heavy (non-hydrogen) atoms. The number of nitrogens with two attached hydrogens (primary N) is 2. The standard InChI is InChI=1S/C7H8N4O/c1-3-2-12-6-4(3)5(8)10-7(9)11-6/h2H,1H3,(H4,8,9,10,11). The molecule has 0 radical (unpaired) electrons. The summed E-state index contributed by atoms with van der Waals surface area (Å²) in [6, 6.07) is 0. The molecule has 0 aliphatic carbocycles. The molecule has 2 aromatic heterocycles. The van der Waals surface area contributed by atoms with Gasteiger partial charge in [0, 0.05) is 5.56 Å². The number of nitrogen functional groups attached to an aromatic ring is 2. The molecule has 0 saturated carbocycles. The number of rotatable bonds is 0. The van der Waals surface area contributed by atoms with Gasteiger partial charge in [0.15, 0.2) is 0 Å². The van der Waals surface area contributed by atoms with E-state index in [9.17, 15) is 0 Å². The van der Waals surface area contributed by atoms with Gasteiger partial charge in [-0.15, -0.1) is 0 Å². The Morgan fingerprint density at radius 2 is 2.08 bits per heavy atom. The maximum atomic E-state index is 5.61. The Bertz CT molecular complexity index is 434. The minimum Gasteiger partial charge on any atom is -0.446 e. The lowest BCUT2D eigenvalue weighted by Gasteiger charge is -1.95. The van der Waals surface area contributed by atoms with Crippen LogP contribution in [-0.2, 0) is 0 Å². The van der Waals surface area contributed by atoms with Gasteiger partial charge in [0.2, 0.25) is 11.7 Å². The molecule has 0 atom stereocenters. The first-order chi connectivity index (χ1) is 5.68. The highest BCUT2D eigenvalue weighted by atomic mass is 16.3. The van der Waals surface area contributed by atoms with E-state index in [0.29, 0.717) is 11.5 Å². The second kappa shape index (κ2) is 2.10. The van der Waals surface area contributed by atoms with Gasteiger partial charge in [0.05, 0.1) is 11.6 Å². The van der Waals surface area contributed by atoms with E-state index in [2.05, 4.69) is 9.97 Å². The molecule has 2 aromatic rings. The van der Waals surface area contributed by atoms with Crippen LogP contribution in [-0.4, -0.2) is 9.97 Å². The van der Waals surface area contributed by atoms with Crippen LogP contribution in [0.15, 0.2) is 10.7 Å². The van der Waals surface area contributed by atoms with Crippen LogP contribution in [0.4, 0.5) is 11.8 Å². The first-order valence-corrected chi connectivity index (χ1v) is 3.45. The lowest BCUT2D eigenvalue weighted by molar-refractivity contribution is 0.600. The molecule has 0 saturated heterocycles. The summed E-state index contributed by atoms with van der Waals surface area (Å²) < 4.78 is 5.10. The summed E-state index contributed by atoms with van der Waals surface area (Å²) in [5.74, 6) is 0.498. The van der Waals surface area contributed by atoms with Gasteiger partial charge < -0.3 is 15.9 Å². The van der Waals surface area contributed by atoms with Crippen molar-refractivity contribution in [2.24, 2.45) is 0 Å². The predicted octanol–water partition coefficient (Wildman–Crippen LogP) is 0.696. The van der Waals surface area contributed by atoms with Crippen molar-refractivity contribution in [3.8, 4) is 0 Å². The van der Waals surface area contributed by atoms with Crippen molar-refractivity contribution in [2.45, 2.75) is 6.92 Å². The minimum absolute atomic E-state index is 0.134. The summed E-state index contributed by atoms with van der Waals surface area (Å²) in [6.07, 6.45) is 1.58. The molecule has 0 aliphatic heterocycles. The Hall–Kier alpha value is -1.78. The SMILES string of the molecule is Cc1coc2nc(N)nc(N)c12. The highest BCUT2D eigenvalue weighted by Crippen LogP contribution is 2.23. The van der Waals surface area contributed by atoms with E-state index in [1.807, 2.05) is 6.92 Å². The van der Waals surface area contributed by atoms with Crippen molar-refractivity contribution >= 4 is 22.9 Å². The monoisotopic (exact) mass is 164 g/mol. The maximum Gasteiger partial charge on any atom is 0.233 e. The van der Waals surface area contributed by atoms with Crippen molar-refractivity contribution in [2.75, 3.05) is 11.5 Å². The van der Waals surface area contributed by atoms with Crippen molar-refractivity contribution in [3.05, 3.63) is 11.8 Å². The van der Waals surface area contributed by atoms with Crippen molar-refractivity contribution < 1.29 is 4.42 Å². The van der Waals surface area contributed by atoms with E-state index in [-0.39, 0.29) is 5.95 Å². The van der Waals surface area contributed by atoms with Gasteiger partial charge in [-0.1, -0.05) is 0 Å². The Morgan fingerprint density at radius 1 is 1.33 bits per heavy atom. The number of aromatic nitrogens is 2. The van der Waals surface area contributed by atoms with Crippen molar-refractivity contribution in [1.29, 1.82) is 0 Å². The van der Waals surface area contributed by atoms with E-state index in [4.69, 9.17) is 15.9 Å². The van der Waals surface area contributed by atoms with E-state index in [1.165, 1.54) is 0 Å². The molecule has 0 aromatic carbocycles. The summed E-state index contributed by atoms with van der Waals surface area (Å²) in [5, 5.41) is 0.740. The van der Waals surface area contributed by atoms with E-state index < -0.39 is 0 Å². The molecular formula is C7H8N4O.